The van der Waals surface area contributed by atoms with Gasteiger partial charge in [0.2, 0.25) is 11.8 Å². The number of carbonyl (C=O) groups is 3. The second-order valence-electron chi connectivity index (χ2n) is 5.52. The maximum absolute atomic E-state index is 12.0. The van der Waals surface area contributed by atoms with Gasteiger partial charge in [-0.3, -0.25) is 14.4 Å². The second kappa shape index (κ2) is 9.29. The molecule has 0 aliphatic carbocycles. The minimum absolute atomic E-state index is 0.00210. The number of benzene rings is 1. The van der Waals surface area contributed by atoms with Gasteiger partial charge >= 0.3 is 5.97 Å². The van der Waals surface area contributed by atoms with Gasteiger partial charge < -0.3 is 15.7 Å². The Morgan fingerprint density at radius 3 is 2.30 bits per heavy atom. The molecule has 1 aromatic carbocycles. The molecule has 0 bridgehead atoms. The first kappa shape index (κ1) is 19.2. The molecule has 2 atom stereocenters. The molecule has 3 N–H and O–H groups in total. The summed E-state index contributed by atoms with van der Waals surface area (Å²) in [7, 11) is 0. The number of carboxylic acid groups (broad SMARTS) is 1. The van der Waals surface area contributed by atoms with Crippen LogP contribution in [0.5, 0.6) is 0 Å². The van der Waals surface area contributed by atoms with E-state index in [0.29, 0.717) is 0 Å². The van der Waals surface area contributed by atoms with E-state index in [2.05, 4.69) is 26.6 Å². The first-order valence-electron chi connectivity index (χ1n) is 7.29. The number of halogens is 1. The number of carbonyl (C=O) groups excluding carboxylic acids is 2. The number of aliphatic carboxylic acids is 1. The summed E-state index contributed by atoms with van der Waals surface area (Å²) >= 11 is 3.34. The minimum atomic E-state index is -0.891. The summed E-state index contributed by atoms with van der Waals surface area (Å²) in [4.78, 5) is 34.0. The SMILES string of the molecule is CC(=O)NC(CC(=O)NCC(C)CC(=O)O)c1ccc(Br)cc1. The molecule has 7 heteroatoms. The van der Waals surface area contributed by atoms with E-state index in [1.54, 1.807) is 6.92 Å². The van der Waals surface area contributed by atoms with Crippen molar-refractivity contribution in [3.63, 3.8) is 0 Å². The van der Waals surface area contributed by atoms with Gasteiger partial charge in [0.25, 0.3) is 0 Å². The molecule has 1 rings (SSSR count). The fourth-order valence-corrected chi connectivity index (χ4v) is 2.37. The molecule has 0 aromatic heterocycles. The summed E-state index contributed by atoms with van der Waals surface area (Å²) < 4.78 is 0.912. The Morgan fingerprint density at radius 2 is 1.78 bits per heavy atom. The van der Waals surface area contributed by atoms with Crippen LogP contribution in [0.25, 0.3) is 0 Å². The Kier molecular flexibility index (Phi) is 7.74. The summed E-state index contributed by atoms with van der Waals surface area (Å²) in [5.74, 6) is -1.49. The van der Waals surface area contributed by atoms with Crippen LogP contribution in [0.1, 0.15) is 38.3 Å². The van der Waals surface area contributed by atoms with E-state index in [0.717, 1.165) is 10.0 Å². The quantitative estimate of drug-likeness (QED) is 0.640. The van der Waals surface area contributed by atoms with Gasteiger partial charge in [0.05, 0.1) is 12.5 Å². The fourth-order valence-electron chi connectivity index (χ4n) is 2.11. The zero-order valence-corrected chi connectivity index (χ0v) is 14.7. The summed E-state index contributed by atoms with van der Waals surface area (Å²) in [6.07, 6.45) is 0.100. The van der Waals surface area contributed by atoms with Crippen LogP contribution >= 0.6 is 15.9 Å². The molecule has 0 heterocycles. The van der Waals surface area contributed by atoms with Crippen molar-refractivity contribution in [2.75, 3.05) is 6.54 Å². The minimum Gasteiger partial charge on any atom is -0.481 e. The van der Waals surface area contributed by atoms with Crippen molar-refractivity contribution in [1.29, 1.82) is 0 Å². The van der Waals surface area contributed by atoms with Crippen LogP contribution in [-0.2, 0) is 14.4 Å². The summed E-state index contributed by atoms with van der Waals surface area (Å²) in [5.41, 5.74) is 0.831. The molecule has 0 aliphatic rings. The first-order chi connectivity index (χ1) is 10.8. The van der Waals surface area contributed by atoms with E-state index < -0.39 is 12.0 Å². The van der Waals surface area contributed by atoms with Crippen LogP contribution < -0.4 is 10.6 Å². The van der Waals surface area contributed by atoms with E-state index >= 15 is 0 Å². The predicted octanol–water partition coefficient (Wildman–Crippen LogP) is 2.24. The molecule has 0 radical (unpaired) electrons. The van der Waals surface area contributed by atoms with Crippen LogP contribution in [0.4, 0.5) is 0 Å². The van der Waals surface area contributed by atoms with Crippen molar-refractivity contribution in [1.82, 2.24) is 10.6 Å². The van der Waals surface area contributed by atoms with Gasteiger partial charge in [0.15, 0.2) is 0 Å². The van der Waals surface area contributed by atoms with Gasteiger partial charge in [-0.15, -0.1) is 0 Å². The van der Waals surface area contributed by atoms with Gasteiger partial charge in [-0.05, 0) is 23.6 Å². The molecule has 0 aliphatic heterocycles. The van der Waals surface area contributed by atoms with Crippen molar-refractivity contribution >= 4 is 33.7 Å². The predicted molar refractivity (Wildman–Crippen MR) is 89.7 cm³/mol. The Hall–Kier alpha value is -1.89. The average Bonchev–Trinajstić information content (AvgIpc) is 2.44. The number of nitrogens with one attached hydrogen (secondary N) is 2. The summed E-state index contributed by atoms with van der Waals surface area (Å²) in [5, 5.41) is 14.2. The van der Waals surface area contributed by atoms with Gasteiger partial charge in [-0.2, -0.15) is 0 Å². The van der Waals surface area contributed by atoms with E-state index in [1.807, 2.05) is 24.3 Å². The third-order valence-electron chi connectivity index (χ3n) is 3.21. The van der Waals surface area contributed by atoms with Crippen molar-refractivity contribution in [2.45, 2.75) is 32.7 Å². The zero-order chi connectivity index (χ0) is 17.4. The van der Waals surface area contributed by atoms with Crippen LogP contribution in [0.2, 0.25) is 0 Å². The highest BCUT2D eigenvalue weighted by molar-refractivity contribution is 9.10. The molecule has 23 heavy (non-hydrogen) atoms. The highest BCUT2D eigenvalue weighted by Gasteiger charge is 2.18. The highest BCUT2D eigenvalue weighted by Crippen LogP contribution is 2.19. The topological polar surface area (TPSA) is 95.5 Å². The lowest BCUT2D eigenvalue weighted by Gasteiger charge is -2.19. The van der Waals surface area contributed by atoms with Gasteiger partial charge in [0, 0.05) is 24.4 Å². The van der Waals surface area contributed by atoms with E-state index in [-0.39, 0.29) is 37.1 Å². The summed E-state index contributed by atoms with van der Waals surface area (Å²) in [6, 6.07) is 6.94. The molecular formula is C16H21BrN2O4. The number of hydrogen-bond acceptors (Lipinski definition) is 3. The maximum atomic E-state index is 12.0. The number of amides is 2. The van der Waals surface area contributed by atoms with Gasteiger partial charge in [-0.1, -0.05) is 35.0 Å². The maximum Gasteiger partial charge on any atom is 0.303 e. The number of rotatable bonds is 8. The lowest BCUT2D eigenvalue weighted by molar-refractivity contribution is -0.138. The fraction of sp³-hybridized carbons (Fsp3) is 0.438. The molecule has 2 amide bonds. The Bertz CT molecular complexity index is 560. The second-order valence-corrected chi connectivity index (χ2v) is 6.43. The molecule has 126 valence electrons. The standard InChI is InChI=1S/C16H21BrN2O4/c1-10(7-16(22)23)9-18-15(21)8-14(19-11(2)20)12-3-5-13(17)6-4-12/h3-6,10,14H,7-9H2,1-2H3,(H,18,21)(H,19,20)(H,22,23). The van der Waals surface area contributed by atoms with E-state index in [1.165, 1.54) is 6.92 Å². The van der Waals surface area contributed by atoms with Gasteiger partial charge in [-0.25, -0.2) is 0 Å². The lowest BCUT2D eigenvalue weighted by atomic mass is 10.0. The van der Waals surface area contributed by atoms with Crippen LogP contribution in [0.15, 0.2) is 28.7 Å². The van der Waals surface area contributed by atoms with Gasteiger partial charge in [0.1, 0.15) is 0 Å². The van der Waals surface area contributed by atoms with E-state index in [9.17, 15) is 14.4 Å². The highest BCUT2D eigenvalue weighted by atomic mass is 79.9. The van der Waals surface area contributed by atoms with Crippen molar-refractivity contribution in [3.05, 3.63) is 34.3 Å². The summed E-state index contributed by atoms with van der Waals surface area (Å²) in [6.45, 7) is 3.45. The first-order valence-corrected chi connectivity index (χ1v) is 8.08. The zero-order valence-electron chi connectivity index (χ0n) is 13.1. The molecule has 0 saturated heterocycles. The van der Waals surface area contributed by atoms with Crippen LogP contribution in [0, 0.1) is 5.92 Å². The molecule has 1 aromatic rings. The van der Waals surface area contributed by atoms with E-state index in [4.69, 9.17) is 5.11 Å². The van der Waals surface area contributed by atoms with Crippen molar-refractivity contribution in [2.24, 2.45) is 5.92 Å². The Morgan fingerprint density at radius 1 is 1.17 bits per heavy atom. The average molecular weight is 385 g/mol. The molecule has 0 fully saturated rings. The van der Waals surface area contributed by atoms with Crippen LogP contribution in [0.3, 0.4) is 0 Å². The molecule has 0 spiro atoms. The number of carboxylic acids is 1. The Labute approximate surface area is 143 Å². The lowest BCUT2D eigenvalue weighted by Crippen LogP contribution is -2.34. The molecule has 6 nitrogen and oxygen atoms in total. The number of hydrogen-bond donors (Lipinski definition) is 3. The third-order valence-corrected chi connectivity index (χ3v) is 3.74. The molecule has 0 saturated carbocycles. The Balaban J connectivity index is 2.62. The van der Waals surface area contributed by atoms with Crippen molar-refractivity contribution < 1.29 is 19.5 Å². The van der Waals surface area contributed by atoms with Crippen LogP contribution in [-0.4, -0.2) is 29.4 Å². The molecular weight excluding hydrogens is 364 g/mol. The monoisotopic (exact) mass is 384 g/mol. The third kappa shape index (κ3) is 7.78. The normalized spacial score (nSPS) is 13.0. The smallest absolute Gasteiger partial charge is 0.303 e. The van der Waals surface area contributed by atoms with Crippen molar-refractivity contribution in [3.8, 4) is 0 Å². The molecule has 2 unspecified atom stereocenters. The largest absolute Gasteiger partial charge is 0.481 e.